The molecule has 0 aliphatic heterocycles. The Labute approximate surface area is 99.0 Å². The fraction of sp³-hybridized carbons (Fsp3) is 0.667. The zero-order chi connectivity index (χ0) is 13.7. The van der Waals surface area contributed by atoms with E-state index in [1.807, 2.05) is 0 Å². The van der Waals surface area contributed by atoms with Crippen molar-refractivity contribution in [1.29, 1.82) is 0 Å². The van der Waals surface area contributed by atoms with Gasteiger partial charge in [0.05, 0.1) is 0 Å². The highest BCUT2D eigenvalue weighted by Gasteiger charge is 2.64. The number of aromatic nitrogens is 3. The summed E-state index contributed by atoms with van der Waals surface area (Å²) in [5, 5.41) is 5.65. The van der Waals surface area contributed by atoms with Gasteiger partial charge in [0.1, 0.15) is 5.54 Å². The SMILES string of the molecule is Cn1nc(NC2(C(F)(F)F)CC2)c(=O)n(C)c1=O. The summed E-state index contributed by atoms with van der Waals surface area (Å²) >= 11 is 0. The van der Waals surface area contributed by atoms with Gasteiger partial charge in [-0.15, -0.1) is 5.10 Å². The molecule has 1 saturated carbocycles. The smallest absolute Gasteiger partial charge is 0.350 e. The summed E-state index contributed by atoms with van der Waals surface area (Å²) in [6.07, 6.45) is -4.66. The summed E-state index contributed by atoms with van der Waals surface area (Å²) in [4.78, 5) is 23.0. The van der Waals surface area contributed by atoms with Crippen LogP contribution >= 0.6 is 0 Å². The van der Waals surface area contributed by atoms with Gasteiger partial charge in [-0.1, -0.05) is 0 Å². The summed E-state index contributed by atoms with van der Waals surface area (Å²) < 4.78 is 39.7. The number of rotatable bonds is 2. The second kappa shape index (κ2) is 3.59. The minimum Gasteiger partial charge on any atom is -0.350 e. The normalized spacial score (nSPS) is 17.6. The van der Waals surface area contributed by atoms with Crippen LogP contribution in [0.25, 0.3) is 0 Å². The molecule has 1 heterocycles. The number of nitrogens with one attached hydrogen (secondary N) is 1. The van der Waals surface area contributed by atoms with E-state index >= 15 is 0 Å². The first-order chi connectivity index (χ1) is 8.18. The van der Waals surface area contributed by atoms with E-state index in [-0.39, 0.29) is 12.8 Å². The average molecular weight is 264 g/mol. The van der Waals surface area contributed by atoms with E-state index in [0.29, 0.717) is 4.57 Å². The lowest BCUT2D eigenvalue weighted by atomic mass is 10.2. The molecule has 0 saturated heterocycles. The predicted molar refractivity (Wildman–Crippen MR) is 56.4 cm³/mol. The first kappa shape index (κ1) is 12.7. The molecule has 1 N–H and O–H groups in total. The minimum absolute atomic E-state index is 0.107. The number of alkyl halides is 3. The van der Waals surface area contributed by atoms with Crippen LogP contribution in [0.4, 0.5) is 19.0 Å². The lowest BCUT2D eigenvalue weighted by Crippen LogP contribution is -2.45. The first-order valence-corrected chi connectivity index (χ1v) is 5.17. The molecule has 0 amide bonds. The largest absolute Gasteiger partial charge is 0.411 e. The topological polar surface area (TPSA) is 68.9 Å². The van der Waals surface area contributed by atoms with Crippen molar-refractivity contribution in [3.8, 4) is 0 Å². The van der Waals surface area contributed by atoms with Crippen molar-refractivity contribution in [2.45, 2.75) is 24.6 Å². The Morgan fingerprint density at radius 1 is 1.28 bits per heavy atom. The van der Waals surface area contributed by atoms with Crippen LogP contribution in [0.1, 0.15) is 12.8 Å². The zero-order valence-corrected chi connectivity index (χ0v) is 9.71. The standard InChI is InChI=1S/C9H11F3N4O2/c1-15-6(17)5(14-16(2)7(15)18)13-8(3-4-8)9(10,11)12/h3-4H2,1-2H3,(H,13,14). The molecule has 100 valence electrons. The van der Waals surface area contributed by atoms with Gasteiger partial charge in [0.2, 0.25) is 5.82 Å². The molecule has 9 heteroatoms. The maximum Gasteiger partial charge on any atom is 0.411 e. The molecule has 0 spiro atoms. The number of nitrogens with zero attached hydrogens (tertiary/aromatic N) is 3. The van der Waals surface area contributed by atoms with Gasteiger partial charge in [-0.3, -0.25) is 9.36 Å². The maximum absolute atomic E-state index is 12.7. The molecule has 1 aliphatic carbocycles. The summed E-state index contributed by atoms with van der Waals surface area (Å²) in [6.45, 7) is 0. The molecule has 0 radical (unpaired) electrons. The van der Waals surface area contributed by atoms with Crippen LogP contribution < -0.4 is 16.6 Å². The van der Waals surface area contributed by atoms with Gasteiger partial charge in [0.25, 0.3) is 5.56 Å². The number of aryl methyl sites for hydroxylation is 1. The zero-order valence-electron chi connectivity index (χ0n) is 9.71. The maximum atomic E-state index is 12.7. The highest BCUT2D eigenvalue weighted by Crippen LogP contribution is 2.50. The van der Waals surface area contributed by atoms with E-state index in [9.17, 15) is 22.8 Å². The van der Waals surface area contributed by atoms with E-state index in [1.54, 1.807) is 0 Å². The summed E-state index contributed by atoms with van der Waals surface area (Å²) in [5.41, 5.74) is -3.64. The third-order valence-corrected chi connectivity index (χ3v) is 2.97. The number of anilines is 1. The third kappa shape index (κ3) is 1.79. The Balaban J connectivity index is 2.44. The molecule has 1 aromatic heterocycles. The Morgan fingerprint density at radius 2 is 1.83 bits per heavy atom. The van der Waals surface area contributed by atoms with Crippen LogP contribution in [0.2, 0.25) is 0 Å². The second-order valence-electron chi connectivity index (χ2n) is 4.32. The van der Waals surface area contributed by atoms with Gasteiger partial charge >= 0.3 is 11.9 Å². The fourth-order valence-electron chi connectivity index (χ4n) is 1.61. The van der Waals surface area contributed by atoms with Crippen molar-refractivity contribution < 1.29 is 13.2 Å². The van der Waals surface area contributed by atoms with Crippen LogP contribution in [0.3, 0.4) is 0 Å². The average Bonchev–Trinajstić information content (AvgIpc) is 3.03. The van der Waals surface area contributed by atoms with E-state index < -0.39 is 28.8 Å². The molecule has 0 atom stereocenters. The van der Waals surface area contributed by atoms with Crippen molar-refractivity contribution in [1.82, 2.24) is 14.3 Å². The van der Waals surface area contributed by atoms with Crippen molar-refractivity contribution in [2.24, 2.45) is 14.1 Å². The van der Waals surface area contributed by atoms with Gasteiger partial charge in [-0.05, 0) is 12.8 Å². The summed E-state index contributed by atoms with van der Waals surface area (Å²) in [6, 6.07) is 0. The molecule has 2 rings (SSSR count). The third-order valence-electron chi connectivity index (χ3n) is 2.97. The molecular formula is C9H11F3N4O2. The van der Waals surface area contributed by atoms with E-state index in [4.69, 9.17) is 0 Å². The van der Waals surface area contributed by atoms with E-state index in [0.717, 1.165) is 4.68 Å². The van der Waals surface area contributed by atoms with Crippen molar-refractivity contribution in [3.05, 3.63) is 20.8 Å². The Kier molecular flexibility index (Phi) is 2.53. The van der Waals surface area contributed by atoms with Gasteiger partial charge in [-0.25, -0.2) is 9.48 Å². The Hall–Kier alpha value is -1.80. The van der Waals surface area contributed by atoms with Gasteiger partial charge < -0.3 is 5.32 Å². The van der Waals surface area contributed by atoms with E-state index in [2.05, 4.69) is 10.4 Å². The molecule has 0 aromatic carbocycles. The molecular weight excluding hydrogens is 253 g/mol. The second-order valence-corrected chi connectivity index (χ2v) is 4.32. The monoisotopic (exact) mass is 264 g/mol. The van der Waals surface area contributed by atoms with Crippen molar-refractivity contribution in [2.75, 3.05) is 5.32 Å². The summed E-state index contributed by atoms with van der Waals surface area (Å²) in [5.74, 6) is -0.463. The molecule has 0 bridgehead atoms. The summed E-state index contributed by atoms with van der Waals surface area (Å²) in [7, 11) is 2.45. The van der Waals surface area contributed by atoms with Crippen LogP contribution in [-0.2, 0) is 14.1 Å². The quantitative estimate of drug-likeness (QED) is 0.815. The lowest BCUT2D eigenvalue weighted by Gasteiger charge is -2.21. The van der Waals surface area contributed by atoms with Crippen LogP contribution in [-0.4, -0.2) is 26.1 Å². The molecule has 6 nitrogen and oxygen atoms in total. The van der Waals surface area contributed by atoms with Crippen molar-refractivity contribution in [3.63, 3.8) is 0 Å². The molecule has 1 aromatic rings. The number of hydrogen-bond donors (Lipinski definition) is 1. The first-order valence-electron chi connectivity index (χ1n) is 5.17. The lowest BCUT2D eigenvalue weighted by molar-refractivity contribution is -0.151. The molecule has 1 aliphatic rings. The highest BCUT2D eigenvalue weighted by atomic mass is 19.4. The highest BCUT2D eigenvalue weighted by molar-refractivity contribution is 5.39. The molecule has 0 unspecified atom stereocenters. The molecule has 1 fully saturated rings. The Morgan fingerprint density at radius 3 is 2.28 bits per heavy atom. The Bertz CT molecular complexity index is 597. The van der Waals surface area contributed by atoms with Crippen LogP contribution in [0.5, 0.6) is 0 Å². The number of halogens is 3. The van der Waals surface area contributed by atoms with Crippen LogP contribution in [0.15, 0.2) is 9.59 Å². The van der Waals surface area contributed by atoms with Gasteiger partial charge in [0, 0.05) is 14.1 Å². The van der Waals surface area contributed by atoms with Crippen molar-refractivity contribution >= 4 is 5.82 Å². The van der Waals surface area contributed by atoms with Gasteiger partial charge in [-0.2, -0.15) is 13.2 Å². The fourth-order valence-corrected chi connectivity index (χ4v) is 1.61. The van der Waals surface area contributed by atoms with E-state index in [1.165, 1.54) is 14.1 Å². The predicted octanol–water partition coefficient (Wildman–Crippen LogP) is -0.0142. The van der Waals surface area contributed by atoms with Crippen LogP contribution in [0, 0.1) is 0 Å². The number of hydrogen-bond acceptors (Lipinski definition) is 4. The molecule has 18 heavy (non-hydrogen) atoms. The minimum atomic E-state index is -4.45. The van der Waals surface area contributed by atoms with Gasteiger partial charge in [0.15, 0.2) is 0 Å².